The number of halogens is 1. The highest BCUT2D eigenvalue weighted by atomic mass is 79.9. The summed E-state index contributed by atoms with van der Waals surface area (Å²) in [5.74, 6) is 0.582. The highest BCUT2D eigenvalue weighted by molar-refractivity contribution is 9.10. The first-order chi connectivity index (χ1) is 8.20. The van der Waals surface area contributed by atoms with E-state index in [-0.39, 0.29) is 5.91 Å². The standard InChI is InChI=1S/C12H10BrNO2S/c1-16-10-7-8(4-5-9(10)13)14-12(15)11-3-2-6-17-11/h2-7H,1H3,(H,14,15). The van der Waals surface area contributed by atoms with Crippen molar-refractivity contribution in [1.29, 1.82) is 0 Å². The molecule has 0 fully saturated rings. The Bertz CT molecular complexity index is 525. The number of benzene rings is 1. The Morgan fingerprint density at radius 3 is 2.88 bits per heavy atom. The molecule has 2 aromatic rings. The van der Waals surface area contributed by atoms with Gasteiger partial charge in [-0.2, -0.15) is 0 Å². The molecule has 1 aromatic carbocycles. The fourth-order valence-corrected chi connectivity index (χ4v) is 2.37. The van der Waals surface area contributed by atoms with Crippen LogP contribution >= 0.6 is 27.3 Å². The Morgan fingerprint density at radius 2 is 2.24 bits per heavy atom. The van der Waals surface area contributed by atoms with Gasteiger partial charge in [0, 0.05) is 11.8 Å². The molecule has 88 valence electrons. The van der Waals surface area contributed by atoms with Crippen molar-refractivity contribution in [2.75, 3.05) is 12.4 Å². The zero-order valence-corrected chi connectivity index (χ0v) is 11.5. The van der Waals surface area contributed by atoms with Gasteiger partial charge in [-0.15, -0.1) is 11.3 Å². The van der Waals surface area contributed by atoms with Crippen LogP contribution in [0.3, 0.4) is 0 Å². The van der Waals surface area contributed by atoms with E-state index in [1.54, 1.807) is 19.2 Å². The molecule has 0 aliphatic carbocycles. The van der Waals surface area contributed by atoms with E-state index in [0.717, 1.165) is 4.47 Å². The number of anilines is 1. The monoisotopic (exact) mass is 311 g/mol. The van der Waals surface area contributed by atoms with Crippen molar-refractivity contribution < 1.29 is 9.53 Å². The summed E-state index contributed by atoms with van der Waals surface area (Å²) in [4.78, 5) is 12.5. The molecule has 5 heteroatoms. The molecule has 0 bridgehead atoms. The van der Waals surface area contributed by atoms with Crippen LogP contribution in [0.25, 0.3) is 0 Å². The van der Waals surface area contributed by atoms with Crippen molar-refractivity contribution in [3.8, 4) is 5.75 Å². The molecule has 0 aliphatic heterocycles. The molecule has 3 nitrogen and oxygen atoms in total. The molecule has 1 N–H and O–H groups in total. The van der Waals surface area contributed by atoms with E-state index in [9.17, 15) is 4.79 Å². The molecule has 1 heterocycles. The molecule has 0 atom stereocenters. The lowest BCUT2D eigenvalue weighted by molar-refractivity contribution is 0.103. The average molecular weight is 312 g/mol. The maximum atomic E-state index is 11.8. The SMILES string of the molecule is COc1cc(NC(=O)c2cccs2)ccc1Br. The zero-order chi connectivity index (χ0) is 12.3. The van der Waals surface area contributed by atoms with E-state index in [0.29, 0.717) is 16.3 Å². The van der Waals surface area contributed by atoms with Crippen molar-refractivity contribution >= 4 is 38.9 Å². The van der Waals surface area contributed by atoms with Crippen LogP contribution in [0.5, 0.6) is 5.75 Å². The van der Waals surface area contributed by atoms with E-state index in [4.69, 9.17) is 4.74 Å². The molecule has 2 rings (SSSR count). The molecule has 0 saturated heterocycles. The minimum Gasteiger partial charge on any atom is -0.495 e. The van der Waals surface area contributed by atoms with Gasteiger partial charge in [0.05, 0.1) is 16.5 Å². The number of nitrogens with one attached hydrogen (secondary N) is 1. The van der Waals surface area contributed by atoms with E-state index in [1.165, 1.54) is 11.3 Å². The first-order valence-electron chi connectivity index (χ1n) is 4.89. The van der Waals surface area contributed by atoms with Gasteiger partial charge in [0.2, 0.25) is 0 Å². The molecular weight excluding hydrogens is 302 g/mol. The summed E-state index contributed by atoms with van der Waals surface area (Å²) in [5, 5.41) is 4.69. The van der Waals surface area contributed by atoms with Gasteiger partial charge in [0.25, 0.3) is 5.91 Å². The number of carbonyl (C=O) groups excluding carboxylic acids is 1. The van der Waals surface area contributed by atoms with Crippen molar-refractivity contribution in [2.24, 2.45) is 0 Å². The Labute approximate surface area is 112 Å². The lowest BCUT2D eigenvalue weighted by Crippen LogP contribution is -2.10. The minimum atomic E-state index is -0.107. The van der Waals surface area contributed by atoms with Gasteiger partial charge >= 0.3 is 0 Å². The zero-order valence-electron chi connectivity index (χ0n) is 9.07. The summed E-state index contributed by atoms with van der Waals surface area (Å²) >= 11 is 4.77. The second kappa shape index (κ2) is 5.33. The highest BCUT2D eigenvalue weighted by Gasteiger charge is 2.08. The fraction of sp³-hybridized carbons (Fsp3) is 0.0833. The van der Waals surface area contributed by atoms with Gasteiger partial charge in [0.15, 0.2) is 0 Å². The summed E-state index contributed by atoms with van der Waals surface area (Å²) < 4.78 is 6.02. The van der Waals surface area contributed by atoms with Crippen LogP contribution in [-0.2, 0) is 0 Å². The van der Waals surface area contributed by atoms with Crippen LogP contribution in [0.2, 0.25) is 0 Å². The molecule has 0 unspecified atom stereocenters. The number of thiophene rings is 1. The van der Waals surface area contributed by atoms with Gasteiger partial charge < -0.3 is 10.1 Å². The van der Waals surface area contributed by atoms with E-state index >= 15 is 0 Å². The molecule has 0 radical (unpaired) electrons. The molecule has 17 heavy (non-hydrogen) atoms. The summed E-state index contributed by atoms with van der Waals surface area (Å²) in [6.45, 7) is 0. The second-order valence-electron chi connectivity index (χ2n) is 3.28. The van der Waals surface area contributed by atoms with Gasteiger partial charge in [-0.05, 0) is 39.5 Å². The summed E-state index contributed by atoms with van der Waals surface area (Å²) in [5.41, 5.74) is 0.712. The molecule has 1 aromatic heterocycles. The van der Waals surface area contributed by atoms with Crippen LogP contribution in [0, 0.1) is 0 Å². The predicted molar refractivity (Wildman–Crippen MR) is 73.0 cm³/mol. The van der Waals surface area contributed by atoms with Gasteiger partial charge in [0.1, 0.15) is 5.75 Å². The van der Waals surface area contributed by atoms with Crippen molar-refractivity contribution in [1.82, 2.24) is 0 Å². The maximum Gasteiger partial charge on any atom is 0.265 e. The summed E-state index contributed by atoms with van der Waals surface area (Å²) in [6.07, 6.45) is 0. The average Bonchev–Trinajstić information content (AvgIpc) is 2.85. The van der Waals surface area contributed by atoms with E-state index in [2.05, 4.69) is 21.2 Å². The largest absolute Gasteiger partial charge is 0.495 e. The topological polar surface area (TPSA) is 38.3 Å². The number of methoxy groups -OCH3 is 1. The summed E-state index contributed by atoms with van der Waals surface area (Å²) in [6, 6.07) is 9.06. The van der Waals surface area contributed by atoms with Crippen LogP contribution in [0.4, 0.5) is 5.69 Å². The Kier molecular flexibility index (Phi) is 3.81. The van der Waals surface area contributed by atoms with Crippen LogP contribution < -0.4 is 10.1 Å². The molecule has 1 amide bonds. The fourth-order valence-electron chi connectivity index (χ4n) is 1.34. The molecule has 0 saturated carbocycles. The predicted octanol–water partition coefficient (Wildman–Crippen LogP) is 3.77. The first kappa shape index (κ1) is 12.1. The van der Waals surface area contributed by atoms with Crippen LogP contribution in [0.15, 0.2) is 40.2 Å². The minimum absolute atomic E-state index is 0.107. The number of hydrogen-bond acceptors (Lipinski definition) is 3. The van der Waals surface area contributed by atoms with Gasteiger partial charge in [-0.1, -0.05) is 6.07 Å². The smallest absolute Gasteiger partial charge is 0.265 e. The number of hydrogen-bond donors (Lipinski definition) is 1. The van der Waals surface area contributed by atoms with Crippen LogP contribution in [0.1, 0.15) is 9.67 Å². The van der Waals surface area contributed by atoms with Crippen molar-refractivity contribution in [3.05, 3.63) is 45.1 Å². The third-order valence-electron chi connectivity index (χ3n) is 2.15. The highest BCUT2D eigenvalue weighted by Crippen LogP contribution is 2.28. The van der Waals surface area contributed by atoms with Crippen LogP contribution in [-0.4, -0.2) is 13.0 Å². The molecule has 0 aliphatic rings. The number of carbonyl (C=O) groups is 1. The third-order valence-corrected chi connectivity index (χ3v) is 3.68. The number of rotatable bonds is 3. The Morgan fingerprint density at radius 1 is 1.41 bits per heavy atom. The third kappa shape index (κ3) is 2.87. The van der Waals surface area contributed by atoms with Crippen molar-refractivity contribution in [3.63, 3.8) is 0 Å². The molecule has 0 spiro atoms. The Balaban J connectivity index is 2.16. The van der Waals surface area contributed by atoms with Crippen molar-refractivity contribution in [2.45, 2.75) is 0 Å². The summed E-state index contributed by atoms with van der Waals surface area (Å²) in [7, 11) is 1.59. The number of ether oxygens (including phenoxy) is 1. The lowest BCUT2D eigenvalue weighted by Gasteiger charge is -2.07. The first-order valence-corrected chi connectivity index (χ1v) is 6.56. The van der Waals surface area contributed by atoms with E-state index < -0.39 is 0 Å². The van der Waals surface area contributed by atoms with Gasteiger partial charge in [-0.3, -0.25) is 4.79 Å². The second-order valence-corrected chi connectivity index (χ2v) is 5.08. The quantitative estimate of drug-likeness (QED) is 0.937. The number of amides is 1. The van der Waals surface area contributed by atoms with E-state index in [1.807, 2.05) is 23.6 Å². The van der Waals surface area contributed by atoms with Gasteiger partial charge in [-0.25, -0.2) is 0 Å². The maximum absolute atomic E-state index is 11.8. The lowest BCUT2D eigenvalue weighted by atomic mass is 10.3. The molecular formula is C12H10BrNO2S. The Hall–Kier alpha value is -1.33. The normalized spacial score (nSPS) is 10.0.